The number of hydrogen-bond donors (Lipinski definition) is 1. The van der Waals surface area contributed by atoms with Crippen LogP contribution in [-0.4, -0.2) is 30.5 Å². The molecule has 0 saturated heterocycles. The molecular weight excluding hydrogens is 390 g/mol. The van der Waals surface area contributed by atoms with Gasteiger partial charge in [0.05, 0.1) is 0 Å². The van der Waals surface area contributed by atoms with Crippen LogP contribution in [0.5, 0.6) is 0 Å². The van der Waals surface area contributed by atoms with E-state index >= 15 is 0 Å². The molecule has 148 valence electrons. The maximum atomic E-state index is 4.60. The number of nitrogens with one attached hydrogen (secondary N) is 1. The molecule has 3 aromatic heterocycles. The normalized spacial score (nSPS) is 11.2. The second kappa shape index (κ2) is 8.16. The Balaban J connectivity index is 1.54. The molecule has 5 aromatic rings. The number of H-pyrrole nitrogens is 1. The number of rotatable bonds is 6. The Kier molecular flexibility index (Phi) is 5.07. The highest BCUT2D eigenvalue weighted by atomic mass is 32.2. The molecule has 3 heterocycles. The average molecular weight is 412 g/mol. The first-order valence-electron chi connectivity index (χ1n) is 9.91. The zero-order chi connectivity index (χ0) is 20.3. The van der Waals surface area contributed by atoms with Crippen molar-refractivity contribution in [3.05, 3.63) is 90.4 Å². The molecule has 0 aliphatic heterocycles. The predicted molar refractivity (Wildman–Crippen MR) is 122 cm³/mol. The first-order chi connectivity index (χ1) is 14.8. The van der Waals surface area contributed by atoms with E-state index in [1.54, 1.807) is 11.8 Å². The van der Waals surface area contributed by atoms with Crippen molar-refractivity contribution < 1.29 is 0 Å². The molecule has 0 saturated carbocycles. The molecule has 1 N–H and O–H groups in total. The lowest BCUT2D eigenvalue weighted by Gasteiger charge is -2.11. The van der Waals surface area contributed by atoms with Crippen molar-refractivity contribution in [3.8, 4) is 17.1 Å². The summed E-state index contributed by atoms with van der Waals surface area (Å²) in [5.74, 6) is 1.73. The second-order valence-electron chi connectivity index (χ2n) is 7.15. The molecule has 0 spiro atoms. The summed E-state index contributed by atoms with van der Waals surface area (Å²) in [7, 11) is 0. The van der Waals surface area contributed by atoms with E-state index in [4.69, 9.17) is 0 Å². The van der Waals surface area contributed by atoms with Gasteiger partial charge in [0, 0.05) is 46.0 Å². The maximum Gasteiger partial charge on any atom is 0.196 e. The minimum Gasteiger partial charge on any atom is -0.360 e. The van der Waals surface area contributed by atoms with Crippen LogP contribution in [0.3, 0.4) is 0 Å². The summed E-state index contributed by atoms with van der Waals surface area (Å²) in [4.78, 5) is 7.78. The van der Waals surface area contributed by atoms with Crippen LogP contribution in [0.15, 0.2) is 84.3 Å². The van der Waals surface area contributed by atoms with Gasteiger partial charge >= 0.3 is 0 Å². The third-order valence-electron chi connectivity index (χ3n) is 5.04. The molecule has 0 bridgehead atoms. The fourth-order valence-corrected chi connectivity index (χ4v) is 4.50. The van der Waals surface area contributed by atoms with Crippen LogP contribution < -0.4 is 0 Å². The fourth-order valence-electron chi connectivity index (χ4n) is 3.59. The van der Waals surface area contributed by atoms with Gasteiger partial charge in [-0.15, -0.1) is 10.2 Å². The van der Waals surface area contributed by atoms with E-state index in [-0.39, 0.29) is 0 Å². The highest BCUT2D eigenvalue weighted by Gasteiger charge is 2.19. The molecule has 30 heavy (non-hydrogen) atoms. The number of aromatic nitrogens is 5. The van der Waals surface area contributed by atoms with Gasteiger partial charge in [-0.25, -0.2) is 0 Å². The Labute approximate surface area is 179 Å². The van der Waals surface area contributed by atoms with Crippen LogP contribution in [0.1, 0.15) is 11.3 Å². The third-order valence-corrected chi connectivity index (χ3v) is 5.97. The molecule has 0 aliphatic carbocycles. The summed E-state index contributed by atoms with van der Waals surface area (Å²) in [6, 6.07) is 22.8. The smallest absolute Gasteiger partial charge is 0.196 e. The number of benzene rings is 2. The van der Waals surface area contributed by atoms with Gasteiger partial charge in [0.25, 0.3) is 0 Å². The second-order valence-corrected chi connectivity index (χ2v) is 8.21. The van der Waals surface area contributed by atoms with Crippen molar-refractivity contribution >= 4 is 22.7 Å². The van der Waals surface area contributed by atoms with E-state index in [1.807, 2.05) is 30.6 Å². The van der Waals surface area contributed by atoms with E-state index in [0.717, 1.165) is 51.0 Å². The summed E-state index contributed by atoms with van der Waals surface area (Å²) in [5, 5.41) is 11.2. The van der Waals surface area contributed by atoms with E-state index in [1.165, 1.54) is 5.56 Å². The van der Waals surface area contributed by atoms with Crippen molar-refractivity contribution in [2.24, 2.45) is 0 Å². The summed E-state index contributed by atoms with van der Waals surface area (Å²) >= 11 is 1.71. The van der Waals surface area contributed by atoms with Gasteiger partial charge in [0.2, 0.25) is 0 Å². The monoisotopic (exact) mass is 411 g/mol. The number of nitrogens with zero attached hydrogens (tertiary/aromatic N) is 4. The highest BCUT2D eigenvalue weighted by Crippen LogP contribution is 2.32. The van der Waals surface area contributed by atoms with Crippen LogP contribution in [-0.2, 0) is 6.42 Å². The average Bonchev–Trinajstić information content (AvgIpc) is 3.38. The minimum absolute atomic E-state index is 0.846. The zero-order valence-electron chi connectivity index (χ0n) is 16.6. The predicted octanol–water partition coefficient (Wildman–Crippen LogP) is 5.45. The lowest BCUT2D eigenvalue weighted by Crippen LogP contribution is -2.01. The Morgan fingerprint density at radius 3 is 2.73 bits per heavy atom. The molecule has 0 amide bonds. The van der Waals surface area contributed by atoms with Crippen LogP contribution in [0.2, 0.25) is 0 Å². The van der Waals surface area contributed by atoms with E-state index in [2.05, 4.69) is 80.2 Å². The Morgan fingerprint density at radius 2 is 1.87 bits per heavy atom. The molecule has 0 fully saturated rings. The molecular formula is C24H21N5S. The summed E-state index contributed by atoms with van der Waals surface area (Å²) < 4.78 is 2.16. The Morgan fingerprint density at radius 1 is 0.967 bits per heavy atom. The van der Waals surface area contributed by atoms with Crippen molar-refractivity contribution in [1.82, 2.24) is 24.7 Å². The number of para-hydroxylation sites is 1. The van der Waals surface area contributed by atoms with Crippen molar-refractivity contribution in [2.45, 2.75) is 18.5 Å². The molecule has 0 radical (unpaired) electrons. The number of hydrogen-bond acceptors (Lipinski definition) is 4. The summed E-state index contributed by atoms with van der Waals surface area (Å²) in [6.07, 6.45) is 4.74. The maximum absolute atomic E-state index is 4.60. The van der Waals surface area contributed by atoms with E-state index < -0.39 is 0 Å². The number of pyridine rings is 1. The Hall–Kier alpha value is -3.38. The van der Waals surface area contributed by atoms with Crippen LogP contribution in [0.25, 0.3) is 28.0 Å². The van der Waals surface area contributed by atoms with Crippen LogP contribution >= 0.6 is 11.8 Å². The van der Waals surface area contributed by atoms with Gasteiger partial charge in [-0.2, -0.15) is 0 Å². The molecule has 0 atom stereocenters. The molecule has 6 heteroatoms. The van der Waals surface area contributed by atoms with Crippen molar-refractivity contribution in [2.75, 3.05) is 5.75 Å². The van der Waals surface area contributed by atoms with Gasteiger partial charge in [-0.3, -0.25) is 9.55 Å². The number of aryl methyl sites for hydroxylation is 2. The first kappa shape index (κ1) is 18.6. The summed E-state index contributed by atoms with van der Waals surface area (Å²) in [6.45, 7) is 2.10. The Bertz CT molecular complexity index is 1290. The fraction of sp³-hybridized carbons (Fsp3) is 0.125. The molecule has 5 rings (SSSR count). The lowest BCUT2D eigenvalue weighted by molar-refractivity contribution is 0.883. The molecule has 5 nitrogen and oxygen atoms in total. The van der Waals surface area contributed by atoms with Crippen LogP contribution in [0.4, 0.5) is 0 Å². The van der Waals surface area contributed by atoms with Crippen LogP contribution in [0, 0.1) is 6.92 Å². The topological polar surface area (TPSA) is 59.4 Å². The van der Waals surface area contributed by atoms with E-state index in [0.29, 0.717) is 0 Å². The highest BCUT2D eigenvalue weighted by molar-refractivity contribution is 7.99. The number of aromatic amines is 1. The van der Waals surface area contributed by atoms with E-state index in [9.17, 15) is 0 Å². The number of fused-ring (bicyclic) bond motifs is 1. The third kappa shape index (κ3) is 3.62. The SMILES string of the molecule is Cc1cccc(-n2c(SCCc3ccccn3)nnc2-c2c[nH]c3ccccc23)c1. The summed E-state index contributed by atoms with van der Waals surface area (Å²) in [5.41, 5.74) is 5.51. The van der Waals surface area contributed by atoms with Gasteiger partial charge < -0.3 is 4.98 Å². The minimum atomic E-state index is 0.846. The molecule has 0 aliphatic rings. The quantitative estimate of drug-likeness (QED) is 0.377. The molecule has 2 aromatic carbocycles. The van der Waals surface area contributed by atoms with Gasteiger partial charge in [0.15, 0.2) is 11.0 Å². The molecule has 0 unspecified atom stereocenters. The lowest BCUT2D eigenvalue weighted by atomic mass is 10.1. The standard InChI is InChI=1S/C24H21N5S/c1-17-7-6-9-19(15-17)29-23(21-16-26-22-11-3-2-10-20(21)22)27-28-24(29)30-14-12-18-8-4-5-13-25-18/h2-11,13,15-16,26H,12,14H2,1H3. The zero-order valence-corrected chi connectivity index (χ0v) is 17.4. The van der Waals surface area contributed by atoms with Crippen molar-refractivity contribution in [1.29, 1.82) is 0 Å². The largest absolute Gasteiger partial charge is 0.360 e. The van der Waals surface area contributed by atoms with Gasteiger partial charge in [0.1, 0.15) is 0 Å². The van der Waals surface area contributed by atoms with Gasteiger partial charge in [-0.1, -0.05) is 48.2 Å². The first-order valence-corrected chi connectivity index (χ1v) is 10.9. The van der Waals surface area contributed by atoms with Gasteiger partial charge in [-0.05, 0) is 49.2 Å². The number of thioether (sulfide) groups is 1. The van der Waals surface area contributed by atoms with Crippen molar-refractivity contribution in [3.63, 3.8) is 0 Å².